The molecular formula is C9H8Br2N2O. The highest BCUT2D eigenvalue weighted by Gasteiger charge is 2.28. The van der Waals surface area contributed by atoms with Crippen molar-refractivity contribution in [1.82, 2.24) is 4.98 Å². The minimum absolute atomic E-state index is 0.149. The molecule has 0 N–H and O–H groups in total. The Morgan fingerprint density at radius 1 is 1.50 bits per heavy atom. The molecule has 1 fully saturated rings. The summed E-state index contributed by atoms with van der Waals surface area (Å²) < 4.78 is 0.781. The summed E-state index contributed by atoms with van der Waals surface area (Å²) in [5.41, 5.74) is 0.861. The summed E-state index contributed by atoms with van der Waals surface area (Å²) in [6.45, 7) is 0.724. The minimum Gasteiger partial charge on any atom is -0.310 e. The summed E-state index contributed by atoms with van der Waals surface area (Å²) in [5, 5.41) is 0. The van der Waals surface area contributed by atoms with Crippen molar-refractivity contribution < 1.29 is 4.79 Å². The lowest BCUT2D eigenvalue weighted by Gasteiger charge is -2.14. The van der Waals surface area contributed by atoms with E-state index in [0.29, 0.717) is 6.42 Å². The van der Waals surface area contributed by atoms with E-state index in [9.17, 15) is 4.79 Å². The summed E-state index contributed by atoms with van der Waals surface area (Å²) in [7, 11) is 0. The quantitative estimate of drug-likeness (QED) is 0.588. The van der Waals surface area contributed by atoms with Crippen LogP contribution in [0.3, 0.4) is 0 Å². The van der Waals surface area contributed by atoms with Gasteiger partial charge in [0.05, 0.1) is 11.9 Å². The van der Waals surface area contributed by atoms with E-state index in [1.807, 2.05) is 12.1 Å². The van der Waals surface area contributed by atoms with Crippen LogP contribution in [0.4, 0.5) is 5.69 Å². The standard InChI is InChI=1S/C9H8Br2N2O/c10-6-3-9(14)13(5-6)7-1-2-8(11)12-4-7/h1-2,4,6H,3,5H2. The van der Waals surface area contributed by atoms with Crippen LogP contribution in [-0.4, -0.2) is 22.3 Å². The molecule has 1 atom stereocenters. The zero-order valence-electron chi connectivity index (χ0n) is 7.28. The lowest BCUT2D eigenvalue weighted by molar-refractivity contribution is -0.117. The molecule has 1 aromatic heterocycles. The number of nitrogens with zero attached hydrogens (tertiary/aromatic N) is 2. The van der Waals surface area contributed by atoms with Gasteiger partial charge in [0.25, 0.3) is 0 Å². The molecule has 0 aliphatic carbocycles. The number of pyridine rings is 1. The Morgan fingerprint density at radius 2 is 2.29 bits per heavy atom. The third kappa shape index (κ3) is 1.98. The second kappa shape index (κ2) is 3.98. The largest absolute Gasteiger partial charge is 0.310 e. The predicted octanol–water partition coefficient (Wildman–Crippen LogP) is 2.34. The second-order valence-corrected chi connectivity index (χ2v) is 5.25. The van der Waals surface area contributed by atoms with Crippen molar-refractivity contribution >= 4 is 43.5 Å². The van der Waals surface area contributed by atoms with Gasteiger partial charge in [0.1, 0.15) is 4.60 Å². The van der Waals surface area contributed by atoms with Crippen molar-refractivity contribution in [3.8, 4) is 0 Å². The first kappa shape index (κ1) is 10.1. The Kier molecular flexibility index (Phi) is 2.88. The summed E-state index contributed by atoms with van der Waals surface area (Å²) in [5.74, 6) is 0.149. The highest BCUT2D eigenvalue weighted by atomic mass is 79.9. The summed E-state index contributed by atoms with van der Waals surface area (Å²) in [4.78, 5) is 17.6. The highest BCUT2D eigenvalue weighted by molar-refractivity contribution is 9.10. The molecule has 1 aliphatic heterocycles. The normalized spacial score (nSPS) is 21.7. The zero-order chi connectivity index (χ0) is 10.1. The molecule has 3 nitrogen and oxygen atoms in total. The van der Waals surface area contributed by atoms with Crippen LogP contribution in [-0.2, 0) is 4.79 Å². The van der Waals surface area contributed by atoms with E-state index in [2.05, 4.69) is 36.8 Å². The summed E-state index contributed by atoms with van der Waals surface area (Å²) >= 11 is 6.70. The van der Waals surface area contributed by atoms with Crippen molar-refractivity contribution in [1.29, 1.82) is 0 Å². The van der Waals surface area contributed by atoms with E-state index in [0.717, 1.165) is 16.8 Å². The van der Waals surface area contributed by atoms with Gasteiger partial charge >= 0.3 is 0 Å². The third-order valence-electron chi connectivity index (χ3n) is 2.10. The molecule has 1 aromatic rings. The lowest BCUT2D eigenvalue weighted by atomic mass is 10.4. The number of hydrogen-bond acceptors (Lipinski definition) is 2. The molecule has 2 rings (SSSR count). The molecule has 14 heavy (non-hydrogen) atoms. The molecule has 5 heteroatoms. The molecule has 74 valence electrons. The average molecular weight is 320 g/mol. The maximum atomic E-state index is 11.5. The van der Waals surface area contributed by atoms with Gasteiger partial charge in [0.15, 0.2) is 0 Å². The maximum absolute atomic E-state index is 11.5. The number of amides is 1. The van der Waals surface area contributed by atoms with Crippen LogP contribution in [0.5, 0.6) is 0 Å². The van der Waals surface area contributed by atoms with Crippen molar-refractivity contribution in [2.45, 2.75) is 11.2 Å². The number of carbonyl (C=O) groups is 1. The number of aromatic nitrogens is 1. The van der Waals surface area contributed by atoms with Crippen LogP contribution in [0.15, 0.2) is 22.9 Å². The van der Waals surface area contributed by atoms with Gasteiger partial charge in [-0.25, -0.2) is 4.98 Å². The van der Waals surface area contributed by atoms with Crippen LogP contribution in [0.1, 0.15) is 6.42 Å². The number of hydrogen-bond donors (Lipinski definition) is 0. The SMILES string of the molecule is O=C1CC(Br)CN1c1ccc(Br)nc1. The fourth-order valence-corrected chi connectivity index (χ4v) is 2.24. The Bertz CT molecular complexity index is 352. The molecule has 1 unspecified atom stereocenters. The molecular weight excluding hydrogens is 312 g/mol. The predicted molar refractivity (Wildman–Crippen MR) is 61.6 cm³/mol. The van der Waals surface area contributed by atoms with Crippen molar-refractivity contribution in [2.75, 3.05) is 11.4 Å². The first-order valence-electron chi connectivity index (χ1n) is 4.23. The maximum Gasteiger partial charge on any atom is 0.228 e. The van der Waals surface area contributed by atoms with Gasteiger partial charge < -0.3 is 4.90 Å². The summed E-state index contributed by atoms with van der Waals surface area (Å²) in [6, 6.07) is 3.73. The van der Waals surface area contributed by atoms with E-state index in [1.54, 1.807) is 11.1 Å². The van der Waals surface area contributed by atoms with Crippen molar-refractivity contribution in [3.05, 3.63) is 22.9 Å². The van der Waals surface area contributed by atoms with Crippen LogP contribution >= 0.6 is 31.9 Å². The van der Waals surface area contributed by atoms with Gasteiger partial charge in [0, 0.05) is 17.8 Å². The lowest BCUT2D eigenvalue weighted by Crippen LogP contribution is -2.24. The van der Waals surface area contributed by atoms with Gasteiger partial charge in [-0.15, -0.1) is 0 Å². The fraction of sp³-hybridized carbons (Fsp3) is 0.333. The van der Waals surface area contributed by atoms with Gasteiger partial charge in [-0.1, -0.05) is 15.9 Å². The molecule has 0 aromatic carbocycles. The monoisotopic (exact) mass is 318 g/mol. The Balaban J connectivity index is 2.23. The van der Waals surface area contributed by atoms with Crippen LogP contribution < -0.4 is 4.90 Å². The molecule has 0 radical (unpaired) electrons. The second-order valence-electron chi connectivity index (χ2n) is 3.14. The van der Waals surface area contributed by atoms with Crippen LogP contribution in [0.2, 0.25) is 0 Å². The smallest absolute Gasteiger partial charge is 0.228 e. The molecule has 2 heterocycles. The molecule has 1 saturated heterocycles. The Labute approximate surface area is 98.8 Å². The van der Waals surface area contributed by atoms with E-state index >= 15 is 0 Å². The van der Waals surface area contributed by atoms with Gasteiger partial charge in [-0.2, -0.15) is 0 Å². The van der Waals surface area contributed by atoms with Gasteiger partial charge in [-0.05, 0) is 28.1 Å². The van der Waals surface area contributed by atoms with Crippen molar-refractivity contribution in [3.63, 3.8) is 0 Å². The van der Waals surface area contributed by atoms with Crippen LogP contribution in [0, 0.1) is 0 Å². The Hall–Kier alpha value is -0.420. The van der Waals surface area contributed by atoms with E-state index < -0.39 is 0 Å². The van der Waals surface area contributed by atoms with E-state index in [1.165, 1.54) is 0 Å². The van der Waals surface area contributed by atoms with E-state index in [4.69, 9.17) is 0 Å². The average Bonchev–Trinajstić information content (AvgIpc) is 2.47. The molecule has 0 spiro atoms. The topological polar surface area (TPSA) is 33.2 Å². The number of rotatable bonds is 1. The molecule has 1 aliphatic rings. The number of alkyl halides is 1. The summed E-state index contributed by atoms with van der Waals surface area (Å²) in [6.07, 6.45) is 2.27. The number of halogens is 2. The Morgan fingerprint density at radius 3 is 2.79 bits per heavy atom. The van der Waals surface area contributed by atoms with Crippen LogP contribution in [0.25, 0.3) is 0 Å². The van der Waals surface area contributed by atoms with E-state index in [-0.39, 0.29) is 10.7 Å². The molecule has 1 amide bonds. The minimum atomic E-state index is 0.149. The first-order chi connectivity index (χ1) is 6.66. The van der Waals surface area contributed by atoms with Gasteiger partial charge in [-0.3, -0.25) is 4.79 Å². The van der Waals surface area contributed by atoms with Crippen molar-refractivity contribution in [2.24, 2.45) is 0 Å². The zero-order valence-corrected chi connectivity index (χ0v) is 10.5. The first-order valence-corrected chi connectivity index (χ1v) is 5.93. The fourth-order valence-electron chi connectivity index (χ4n) is 1.44. The molecule has 0 bridgehead atoms. The molecule has 0 saturated carbocycles. The number of anilines is 1. The highest BCUT2D eigenvalue weighted by Crippen LogP contribution is 2.24. The van der Waals surface area contributed by atoms with Gasteiger partial charge in [0.2, 0.25) is 5.91 Å². The third-order valence-corrected chi connectivity index (χ3v) is 3.18. The number of carbonyl (C=O) groups excluding carboxylic acids is 1.